The molecule has 0 atom stereocenters. The average molecular weight is 441 g/mol. The molecule has 31 heavy (non-hydrogen) atoms. The number of amides is 1. The number of nitrogens with two attached hydrogens (primary N) is 1. The molecule has 0 spiro atoms. The summed E-state index contributed by atoms with van der Waals surface area (Å²) in [4.78, 5) is 20.3. The minimum absolute atomic E-state index is 0.141. The van der Waals surface area contributed by atoms with E-state index in [9.17, 15) is 13.2 Å². The number of anilines is 3. The second kappa shape index (κ2) is 9.90. The highest BCUT2D eigenvalue weighted by Gasteiger charge is 2.13. The third-order valence-corrected chi connectivity index (χ3v) is 4.94. The van der Waals surface area contributed by atoms with E-state index in [1.54, 1.807) is 24.3 Å². The molecule has 0 aliphatic rings. The Bertz CT molecular complexity index is 1150. The van der Waals surface area contributed by atoms with E-state index in [2.05, 4.69) is 25.3 Å². The van der Waals surface area contributed by atoms with Gasteiger partial charge in [0.05, 0.1) is 17.5 Å². The smallest absolute Gasteiger partial charge is 0.254 e. The molecule has 0 saturated carbocycles. The summed E-state index contributed by atoms with van der Waals surface area (Å²) in [5, 5.41) is 6.19. The van der Waals surface area contributed by atoms with Crippen molar-refractivity contribution in [2.24, 2.45) is 5.73 Å². The number of para-hydroxylation sites is 1. The molecule has 3 rings (SSSR count). The monoisotopic (exact) mass is 440 g/mol. The van der Waals surface area contributed by atoms with Crippen LogP contribution in [-0.4, -0.2) is 37.1 Å². The molecule has 1 aromatic heterocycles. The van der Waals surface area contributed by atoms with Crippen LogP contribution >= 0.6 is 0 Å². The van der Waals surface area contributed by atoms with Crippen molar-refractivity contribution in [2.45, 2.75) is 13.0 Å². The summed E-state index contributed by atoms with van der Waals surface area (Å²) in [6, 6.07) is 16.9. The van der Waals surface area contributed by atoms with Crippen molar-refractivity contribution < 1.29 is 13.2 Å². The van der Waals surface area contributed by atoms with Gasteiger partial charge in [-0.1, -0.05) is 48.5 Å². The third kappa shape index (κ3) is 6.68. The van der Waals surface area contributed by atoms with E-state index < -0.39 is 15.9 Å². The molecule has 0 unspecified atom stereocenters. The van der Waals surface area contributed by atoms with E-state index >= 15 is 0 Å². The normalized spacial score (nSPS) is 11.0. The quantitative estimate of drug-likeness (QED) is 0.379. The van der Waals surface area contributed by atoms with Crippen LogP contribution in [0, 0.1) is 0 Å². The summed E-state index contributed by atoms with van der Waals surface area (Å²) in [5.41, 5.74) is 7.89. The highest BCUT2D eigenvalue weighted by Crippen LogP contribution is 2.20. The number of hydrogen-bond donors (Lipinski definition) is 4. The fraction of sp³-hybridized carbons (Fsp3) is 0.190. The molecule has 0 saturated heterocycles. The molecule has 0 fully saturated rings. The first-order chi connectivity index (χ1) is 14.8. The maximum absolute atomic E-state index is 11.8. The number of carbonyl (C=O) groups is 1. The van der Waals surface area contributed by atoms with Crippen LogP contribution in [0.25, 0.3) is 0 Å². The van der Waals surface area contributed by atoms with E-state index in [0.717, 1.165) is 12.7 Å². The van der Waals surface area contributed by atoms with Crippen molar-refractivity contribution in [3.8, 4) is 0 Å². The van der Waals surface area contributed by atoms with Crippen molar-refractivity contribution in [1.82, 2.24) is 9.97 Å². The van der Waals surface area contributed by atoms with Crippen molar-refractivity contribution in [3.05, 3.63) is 77.5 Å². The van der Waals surface area contributed by atoms with E-state index in [4.69, 9.17) is 5.73 Å². The molecule has 2 aromatic carbocycles. The van der Waals surface area contributed by atoms with Crippen LogP contribution in [-0.2, 0) is 23.0 Å². The van der Waals surface area contributed by atoms with Gasteiger partial charge >= 0.3 is 0 Å². The Morgan fingerprint density at radius 3 is 2.45 bits per heavy atom. The van der Waals surface area contributed by atoms with Gasteiger partial charge in [-0.15, -0.1) is 0 Å². The maximum Gasteiger partial charge on any atom is 0.254 e. The molecule has 0 bridgehead atoms. The summed E-state index contributed by atoms with van der Waals surface area (Å²) in [6.07, 6.45) is 3.23. The van der Waals surface area contributed by atoms with Gasteiger partial charge in [-0.05, 0) is 23.6 Å². The van der Waals surface area contributed by atoms with Gasteiger partial charge in [-0.3, -0.25) is 9.52 Å². The van der Waals surface area contributed by atoms with Crippen LogP contribution in [0.15, 0.2) is 60.8 Å². The van der Waals surface area contributed by atoms with Crippen LogP contribution in [0.4, 0.5) is 17.5 Å². The molecule has 0 aliphatic heterocycles. The number of carbonyl (C=O) groups excluding carboxylic acids is 1. The lowest BCUT2D eigenvalue weighted by Gasteiger charge is -2.14. The lowest BCUT2D eigenvalue weighted by Crippen LogP contribution is -2.18. The second-order valence-electron chi connectivity index (χ2n) is 6.87. The lowest BCUT2D eigenvalue weighted by molar-refractivity contribution is 0.100. The van der Waals surface area contributed by atoms with E-state index in [1.165, 1.54) is 11.8 Å². The van der Waals surface area contributed by atoms with Crippen LogP contribution in [0.2, 0.25) is 0 Å². The Labute approximate surface area is 181 Å². The Morgan fingerprint density at radius 1 is 1.03 bits per heavy atom. The molecule has 0 aliphatic carbocycles. The zero-order valence-electron chi connectivity index (χ0n) is 17.0. The number of benzene rings is 2. The molecule has 5 N–H and O–H groups in total. The number of aromatic nitrogens is 2. The topological polar surface area (TPSA) is 139 Å². The van der Waals surface area contributed by atoms with Gasteiger partial charge in [-0.2, -0.15) is 4.98 Å². The standard InChI is InChI=1S/C21H24N6O3S/c1-31(29,30)27-18-10-6-5-9-16(18)13-24-20-17(19(22)28)14-25-21(26-20)23-12-11-15-7-3-2-4-8-15/h2-10,14,27H,11-13H2,1H3,(H2,22,28)(H2,23,24,25,26). The zero-order chi connectivity index (χ0) is 22.3. The van der Waals surface area contributed by atoms with Crippen LogP contribution < -0.4 is 21.1 Å². The van der Waals surface area contributed by atoms with Crippen molar-refractivity contribution in [2.75, 3.05) is 28.2 Å². The zero-order valence-corrected chi connectivity index (χ0v) is 17.8. The van der Waals surface area contributed by atoms with Crippen LogP contribution in [0.1, 0.15) is 21.5 Å². The summed E-state index contributed by atoms with van der Waals surface area (Å²) >= 11 is 0. The Hall–Kier alpha value is -3.66. The fourth-order valence-electron chi connectivity index (χ4n) is 2.90. The third-order valence-electron chi connectivity index (χ3n) is 4.35. The van der Waals surface area contributed by atoms with Crippen LogP contribution in [0.5, 0.6) is 0 Å². The molecule has 162 valence electrons. The Kier molecular flexibility index (Phi) is 7.03. The van der Waals surface area contributed by atoms with Gasteiger partial charge < -0.3 is 16.4 Å². The van der Waals surface area contributed by atoms with E-state index in [0.29, 0.717) is 23.7 Å². The number of hydrogen-bond acceptors (Lipinski definition) is 7. The first-order valence-electron chi connectivity index (χ1n) is 9.56. The molecule has 9 nitrogen and oxygen atoms in total. The minimum Gasteiger partial charge on any atom is -0.365 e. The fourth-order valence-corrected chi connectivity index (χ4v) is 3.50. The number of nitrogens with one attached hydrogen (secondary N) is 3. The highest BCUT2D eigenvalue weighted by atomic mass is 32.2. The van der Waals surface area contributed by atoms with Gasteiger partial charge in [0, 0.05) is 19.3 Å². The predicted molar refractivity (Wildman–Crippen MR) is 121 cm³/mol. The summed E-state index contributed by atoms with van der Waals surface area (Å²) in [7, 11) is -3.43. The van der Waals surface area contributed by atoms with E-state index in [-0.39, 0.29) is 17.9 Å². The maximum atomic E-state index is 11.8. The van der Waals surface area contributed by atoms with Crippen molar-refractivity contribution >= 4 is 33.4 Å². The second-order valence-corrected chi connectivity index (χ2v) is 8.62. The van der Waals surface area contributed by atoms with Gasteiger partial charge in [0.2, 0.25) is 16.0 Å². The van der Waals surface area contributed by atoms with Gasteiger partial charge in [0.15, 0.2) is 0 Å². The average Bonchev–Trinajstić information content (AvgIpc) is 2.73. The van der Waals surface area contributed by atoms with Gasteiger partial charge in [0.25, 0.3) is 5.91 Å². The van der Waals surface area contributed by atoms with Crippen LogP contribution in [0.3, 0.4) is 0 Å². The molecule has 0 radical (unpaired) electrons. The molecule has 3 aromatic rings. The first-order valence-corrected chi connectivity index (χ1v) is 11.4. The Balaban J connectivity index is 1.72. The number of primary amides is 1. The minimum atomic E-state index is -3.43. The van der Waals surface area contributed by atoms with Crippen molar-refractivity contribution in [3.63, 3.8) is 0 Å². The molecular weight excluding hydrogens is 416 g/mol. The first kappa shape index (κ1) is 22.0. The van der Waals surface area contributed by atoms with Gasteiger partial charge in [0.1, 0.15) is 5.82 Å². The molecule has 1 amide bonds. The Morgan fingerprint density at radius 2 is 1.74 bits per heavy atom. The van der Waals surface area contributed by atoms with Gasteiger partial charge in [-0.25, -0.2) is 13.4 Å². The molecular formula is C21H24N6O3S. The predicted octanol–water partition coefficient (Wildman–Crippen LogP) is 2.21. The number of sulfonamides is 1. The lowest BCUT2D eigenvalue weighted by atomic mass is 10.1. The summed E-state index contributed by atoms with van der Waals surface area (Å²) < 4.78 is 25.7. The van der Waals surface area contributed by atoms with E-state index in [1.807, 2.05) is 30.3 Å². The van der Waals surface area contributed by atoms with Crippen molar-refractivity contribution in [1.29, 1.82) is 0 Å². The largest absolute Gasteiger partial charge is 0.365 e. The summed E-state index contributed by atoms with van der Waals surface area (Å²) in [6.45, 7) is 0.833. The number of rotatable bonds is 10. The number of nitrogens with zero attached hydrogens (tertiary/aromatic N) is 2. The molecule has 10 heteroatoms. The molecule has 1 heterocycles. The highest BCUT2D eigenvalue weighted by molar-refractivity contribution is 7.92. The summed E-state index contributed by atoms with van der Waals surface area (Å²) in [5.74, 6) is -0.0503. The SMILES string of the molecule is CS(=O)(=O)Nc1ccccc1CNc1nc(NCCc2ccccc2)ncc1C(N)=O.